The molecule has 0 saturated carbocycles. The first-order chi connectivity index (χ1) is 11.9. The summed E-state index contributed by atoms with van der Waals surface area (Å²) in [5.74, 6) is 0. The van der Waals surface area contributed by atoms with Crippen LogP contribution in [0.15, 0.2) is 72.8 Å². The highest BCUT2D eigenvalue weighted by Gasteiger charge is 2.41. The SMILES string of the molecule is CC(C)(C)/C=C/[C@H]1OC(=O)N(Cc2ccccc2)[C@@H]1c1ccccc1. The van der Waals surface area contributed by atoms with E-state index in [9.17, 15) is 4.79 Å². The summed E-state index contributed by atoms with van der Waals surface area (Å²) in [4.78, 5) is 14.4. The quantitative estimate of drug-likeness (QED) is 0.705. The molecule has 1 heterocycles. The largest absolute Gasteiger partial charge is 0.439 e. The van der Waals surface area contributed by atoms with E-state index in [4.69, 9.17) is 4.74 Å². The molecule has 1 aliphatic heterocycles. The van der Waals surface area contributed by atoms with Gasteiger partial charge in [0.05, 0.1) is 0 Å². The zero-order chi connectivity index (χ0) is 17.9. The van der Waals surface area contributed by atoms with E-state index in [2.05, 4.69) is 39.0 Å². The van der Waals surface area contributed by atoms with E-state index in [1.54, 1.807) is 0 Å². The molecule has 1 saturated heterocycles. The van der Waals surface area contributed by atoms with E-state index in [-0.39, 0.29) is 23.7 Å². The lowest BCUT2D eigenvalue weighted by Gasteiger charge is -2.24. The minimum Gasteiger partial charge on any atom is -0.439 e. The van der Waals surface area contributed by atoms with Crippen LogP contribution in [0.25, 0.3) is 0 Å². The van der Waals surface area contributed by atoms with E-state index in [0.717, 1.165) is 11.1 Å². The Morgan fingerprint density at radius 3 is 2.20 bits per heavy atom. The minimum absolute atomic E-state index is 0.0422. The molecule has 0 unspecified atom stereocenters. The molecule has 1 fully saturated rings. The number of allylic oxidation sites excluding steroid dienone is 1. The maximum absolute atomic E-state index is 12.6. The number of nitrogens with zero attached hydrogens (tertiary/aromatic N) is 1. The summed E-state index contributed by atoms with van der Waals surface area (Å²) >= 11 is 0. The van der Waals surface area contributed by atoms with Gasteiger partial charge in [-0.05, 0) is 22.6 Å². The predicted molar refractivity (Wildman–Crippen MR) is 100 cm³/mol. The number of ether oxygens (including phenoxy) is 1. The summed E-state index contributed by atoms with van der Waals surface area (Å²) < 4.78 is 5.71. The number of rotatable bonds is 4. The zero-order valence-electron chi connectivity index (χ0n) is 15.1. The second-order valence-electron chi connectivity index (χ2n) is 7.54. The predicted octanol–water partition coefficient (Wildman–Crippen LogP) is 5.35. The molecule has 3 nitrogen and oxygen atoms in total. The number of hydrogen-bond acceptors (Lipinski definition) is 2. The van der Waals surface area contributed by atoms with Crippen molar-refractivity contribution in [3.63, 3.8) is 0 Å². The van der Waals surface area contributed by atoms with Crippen LogP contribution >= 0.6 is 0 Å². The molecule has 0 radical (unpaired) electrons. The van der Waals surface area contributed by atoms with Gasteiger partial charge in [0.2, 0.25) is 0 Å². The van der Waals surface area contributed by atoms with Gasteiger partial charge in [0.1, 0.15) is 12.1 Å². The Morgan fingerprint density at radius 2 is 1.60 bits per heavy atom. The summed E-state index contributed by atoms with van der Waals surface area (Å²) in [6.07, 6.45) is 3.60. The van der Waals surface area contributed by atoms with Crippen molar-refractivity contribution in [1.29, 1.82) is 0 Å². The molecule has 2 aromatic rings. The smallest absolute Gasteiger partial charge is 0.411 e. The van der Waals surface area contributed by atoms with Crippen LogP contribution in [0.2, 0.25) is 0 Å². The fourth-order valence-electron chi connectivity index (χ4n) is 3.03. The van der Waals surface area contributed by atoms with Crippen molar-refractivity contribution in [3.05, 3.63) is 83.9 Å². The topological polar surface area (TPSA) is 29.5 Å². The summed E-state index contributed by atoms with van der Waals surface area (Å²) in [5, 5.41) is 0. The molecule has 130 valence electrons. The van der Waals surface area contributed by atoms with Crippen LogP contribution in [0.5, 0.6) is 0 Å². The van der Waals surface area contributed by atoms with Crippen molar-refractivity contribution in [2.24, 2.45) is 5.41 Å². The Bertz CT molecular complexity index is 732. The van der Waals surface area contributed by atoms with Crippen molar-refractivity contribution in [1.82, 2.24) is 4.90 Å². The third kappa shape index (κ3) is 4.30. The van der Waals surface area contributed by atoms with E-state index in [0.29, 0.717) is 6.54 Å². The molecule has 0 aliphatic carbocycles. The Balaban J connectivity index is 1.92. The number of carbonyl (C=O) groups is 1. The fourth-order valence-corrected chi connectivity index (χ4v) is 3.03. The first kappa shape index (κ1) is 17.3. The highest BCUT2D eigenvalue weighted by atomic mass is 16.6. The molecule has 0 spiro atoms. The fraction of sp³-hybridized carbons (Fsp3) is 0.318. The van der Waals surface area contributed by atoms with Gasteiger partial charge in [-0.1, -0.05) is 87.5 Å². The van der Waals surface area contributed by atoms with Crippen molar-refractivity contribution in [2.45, 2.75) is 39.5 Å². The maximum atomic E-state index is 12.6. The average molecular weight is 335 g/mol. The average Bonchev–Trinajstić information content (AvgIpc) is 2.90. The minimum atomic E-state index is -0.280. The van der Waals surface area contributed by atoms with E-state index < -0.39 is 0 Å². The van der Waals surface area contributed by atoms with Crippen molar-refractivity contribution < 1.29 is 9.53 Å². The standard InChI is InChI=1S/C22H25NO2/c1-22(2,3)15-14-19-20(18-12-8-5-9-13-18)23(21(24)25-19)16-17-10-6-4-7-11-17/h4-15,19-20H,16H2,1-3H3/b15-14+/t19-,20-/m1/s1. The lowest BCUT2D eigenvalue weighted by molar-refractivity contribution is 0.144. The first-order valence-electron chi connectivity index (χ1n) is 8.69. The van der Waals surface area contributed by atoms with E-state index >= 15 is 0 Å². The molecule has 3 heteroatoms. The molecule has 3 rings (SSSR count). The highest BCUT2D eigenvalue weighted by molar-refractivity contribution is 5.71. The molecule has 1 aliphatic rings. The van der Waals surface area contributed by atoms with Gasteiger partial charge in [-0.15, -0.1) is 0 Å². The van der Waals surface area contributed by atoms with Gasteiger partial charge in [0.15, 0.2) is 0 Å². The van der Waals surface area contributed by atoms with Crippen LogP contribution in [0.3, 0.4) is 0 Å². The summed E-state index contributed by atoms with van der Waals surface area (Å²) in [5.41, 5.74) is 2.23. The van der Waals surface area contributed by atoms with Gasteiger partial charge in [0.25, 0.3) is 0 Å². The summed E-state index contributed by atoms with van der Waals surface area (Å²) in [7, 11) is 0. The Labute approximate surface area is 149 Å². The number of carbonyl (C=O) groups excluding carboxylic acids is 1. The monoisotopic (exact) mass is 335 g/mol. The summed E-state index contributed by atoms with van der Waals surface area (Å²) in [6, 6.07) is 20.0. The van der Waals surface area contributed by atoms with Crippen LogP contribution in [0.1, 0.15) is 37.9 Å². The van der Waals surface area contributed by atoms with Gasteiger partial charge in [-0.25, -0.2) is 4.79 Å². The lowest BCUT2D eigenvalue weighted by atomic mass is 9.93. The lowest BCUT2D eigenvalue weighted by Crippen LogP contribution is -2.28. The van der Waals surface area contributed by atoms with E-state index in [1.165, 1.54) is 0 Å². The molecule has 25 heavy (non-hydrogen) atoms. The van der Waals surface area contributed by atoms with Gasteiger partial charge in [-0.3, -0.25) is 4.90 Å². The normalized spacial score (nSPS) is 20.9. The third-order valence-corrected chi connectivity index (χ3v) is 4.24. The van der Waals surface area contributed by atoms with Crippen molar-refractivity contribution in [2.75, 3.05) is 0 Å². The van der Waals surface area contributed by atoms with Crippen molar-refractivity contribution in [3.8, 4) is 0 Å². The third-order valence-electron chi connectivity index (χ3n) is 4.24. The van der Waals surface area contributed by atoms with Gasteiger partial charge in [-0.2, -0.15) is 0 Å². The molecule has 0 aromatic heterocycles. The Hall–Kier alpha value is -2.55. The number of cyclic esters (lactones) is 1. The number of amides is 1. The van der Waals surface area contributed by atoms with Gasteiger partial charge < -0.3 is 4.74 Å². The molecule has 1 amide bonds. The molecule has 2 aromatic carbocycles. The van der Waals surface area contributed by atoms with Crippen LogP contribution in [0.4, 0.5) is 4.79 Å². The molecule has 2 atom stereocenters. The Morgan fingerprint density at radius 1 is 1.00 bits per heavy atom. The maximum Gasteiger partial charge on any atom is 0.411 e. The van der Waals surface area contributed by atoms with Crippen LogP contribution in [-0.2, 0) is 11.3 Å². The van der Waals surface area contributed by atoms with Crippen LogP contribution in [0, 0.1) is 5.41 Å². The number of benzene rings is 2. The van der Waals surface area contributed by atoms with E-state index in [1.807, 2.05) is 59.5 Å². The van der Waals surface area contributed by atoms with Crippen molar-refractivity contribution >= 4 is 6.09 Å². The molecule has 0 bridgehead atoms. The second-order valence-corrected chi connectivity index (χ2v) is 7.54. The Kier molecular flexibility index (Phi) is 4.93. The van der Waals surface area contributed by atoms with Crippen LogP contribution in [-0.4, -0.2) is 17.1 Å². The zero-order valence-corrected chi connectivity index (χ0v) is 15.1. The summed E-state index contributed by atoms with van der Waals surface area (Å²) in [6.45, 7) is 6.96. The first-order valence-corrected chi connectivity index (χ1v) is 8.69. The highest BCUT2D eigenvalue weighted by Crippen LogP contribution is 2.36. The van der Waals surface area contributed by atoms with Gasteiger partial charge in [0, 0.05) is 6.54 Å². The second kappa shape index (κ2) is 7.14. The molecular weight excluding hydrogens is 310 g/mol. The van der Waals surface area contributed by atoms with Crippen LogP contribution < -0.4 is 0 Å². The van der Waals surface area contributed by atoms with Gasteiger partial charge >= 0.3 is 6.09 Å². The molecular formula is C22H25NO2. The number of hydrogen-bond donors (Lipinski definition) is 0. The molecule has 0 N–H and O–H groups in total.